The number of carbonyl (C=O) groups is 2. The van der Waals surface area contributed by atoms with Crippen molar-refractivity contribution in [1.82, 2.24) is 0 Å². The highest BCUT2D eigenvalue weighted by molar-refractivity contribution is 5.90. The van der Waals surface area contributed by atoms with Crippen molar-refractivity contribution >= 4 is 17.6 Å². The van der Waals surface area contributed by atoms with Crippen LogP contribution < -0.4 is 4.90 Å². The number of aryl methyl sites for hydroxylation is 2. The molecule has 0 radical (unpaired) electrons. The predicted octanol–water partition coefficient (Wildman–Crippen LogP) is 4.96. The fourth-order valence-electron chi connectivity index (χ4n) is 4.03. The van der Waals surface area contributed by atoms with E-state index in [0.29, 0.717) is 17.5 Å². The summed E-state index contributed by atoms with van der Waals surface area (Å²) >= 11 is 0. The van der Waals surface area contributed by atoms with E-state index < -0.39 is 30.3 Å². The van der Waals surface area contributed by atoms with E-state index in [0.717, 1.165) is 22.4 Å². The summed E-state index contributed by atoms with van der Waals surface area (Å²) in [6.07, 6.45) is -1.34. The smallest absolute Gasteiger partial charge is 0.338 e. The molecule has 1 aliphatic heterocycles. The molecular formula is C31H31NO5. The van der Waals surface area contributed by atoms with Gasteiger partial charge in [0.2, 0.25) is 0 Å². The van der Waals surface area contributed by atoms with Gasteiger partial charge in [0.15, 0.2) is 0 Å². The SMILES string of the molecule is Cc1ccc(C(=O)OC[C@H]2O[C@H](C#Cc3ccccc3N(C)C)C[C@@H]2OC(=O)c2ccc(C)cc2)cc1. The molecule has 0 bridgehead atoms. The highest BCUT2D eigenvalue weighted by atomic mass is 16.6. The maximum absolute atomic E-state index is 12.8. The summed E-state index contributed by atoms with van der Waals surface area (Å²) in [4.78, 5) is 27.4. The van der Waals surface area contributed by atoms with E-state index in [9.17, 15) is 9.59 Å². The van der Waals surface area contributed by atoms with E-state index in [4.69, 9.17) is 14.2 Å². The molecule has 6 nitrogen and oxygen atoms in total. The summed E-state index contributed by atoms with van der Waals surface area (Å²) in [5.41, 5.74) is 4.88. The van der Waals surface area contributed by atoms with E-state index in [1.807, 2.05) is 81.4 Å². The van der Waals surface area contributed by atoms with Gasteiger partial charge in [0.25, 0.3) is 0 Å². The van der Waals surface area contributed by atoms with Crippen LogP contribution in [0.15, 0.2) is 72.8 Å². The normalized spacial score (nSPS) is 18.4. The molecule has 0 N–H and O–H groups in total. The summed E-state index contributed by atoms with van der Waals surface area (Å²) in [7, 11) is 3.93. The molecule has 0 aliphatic carbocycles. The van der Waals surface area contributed by atoms with Gasteiger partial charge in [-0.25, -0.2) is 9.59 Å². The summed E-state index contributed by atoms with van der Waals surface area (Å²) in [5, 5.41) is 0. The zero-order valence-corrected chi connectivity index (χ0v) is 21.6. The standard InChI is InChI=1S/C31H31NO5/c1-21-9-13-24(14-10-21)30(33)35-20-29-28(37-31(34)25-15-11-22(2)12-16-25)19-26(36-29)18-17-23-7-5-6-8-27(23)32(3)4/h5-16,26,28-29H,19-20H2,1-4H3/t26-,28+,29-/m1/s1. The average Bonchev–Trinajstić information content (AvgIpc) is 3.28. The maximum Gasteiger partial charge on any atom is 0.338 e. The Morgan fingerprint density at radius 3 is 2.11 bits per heavy atom. The van der Waals surface area contributed by atoms with Crippen LogP contribution in [-0.2, 0) is 14.2 Å². The molecule has 37 heavy (non-hydrogen) atoms. The number of nitrogens with zero attached hydrogens (tertiary/aromatic N) is 1. The molecule has 0 saturated carbocycles. The van der Waals surface area contributed by atoms with Crippen LogP contribution in [0.1, 0.15) is 43.8 Å². The van der Waals surface area contributed by atoms with Crippen LogP contribution in [0.2, 0.25) is 0 Å². The Bertz CT molecular complexity index is 1300. The lowest BCUT2D eigenvalue weighted by Gasteiger charge is -2.19. The third-order valence-electron chi connectivity index (χ3n) is 6.17. The number of ether oxygens (including phenoxy) is 3. The number of hydrogen-bond acceptors (Lipinski definition) is 6. The van der Waals surface area contributed by atoms with Crippen molar-refractivity contribution in [2.75, 3.05) is 25.6 Å². The third-order valence-corrected chi connectivity index (χ3v) is 6.17. The average molecular weight is 498 g/mol. The maximum atomic E-state index is 12.8. The second-order valence-corrected chi connectivity index (χ2v) is 9.35. The first kappa shape index (κ1) is 26.0. The number of hydrogen-bond donors (Lipinski definition) is 0. The molecule has 1 heterocycles. The molecule has 4 rings (SSSR count). The van der Waals surface area contributed by atoms with Crippen LogP contribution in [0.3, 0.4) is 0 Å². The zero-order valence-electron chi connectivity index (χ0n) is 21.6. The van der Waals surface area contributed by atoms with Gasteiger partial charge < -0.3 is 19.1 Å². The van der Waals surface area contributed by atoms with Gasteiger partial charge in [0.05, 0.1) is 16.8 Å². The van der Waals surface area contributed by atoms with Gasteiger partial charge in [-0.05, 0) is 50.2 Å². The molecule has 0 unspecified atom stereocenters. The molecule has 1 fully saturated rings. The van der Waals surface area contributed by atoms with Crippen LogP contribution in [0, 0.1) is 25.7 Å². The largest absolute Gasteiger partial charge is 0.459 e. The number of esters is 2. The second-order valence-electron chi connectivity index (χ2n) is 9.35. The molecule has 1 aliphatic rings. The van der Waals surface area contributed by atoms with Crippen molar-refractivity contribution in [2.45, 2.75) is 38.6 Å². The third kappa shape index (κ3) is 6.78. The Hall–Kier alpha value is -4.08. The molecular weight excluding hydrogens is 466 g/mol. The number of anilines is 1. The summed E-state index contributed by atoms with van der Waals surface area (Å²) in [6, 6.07) is 22.2. The Labute approximate surface area is 218 Å². The topological polar surface area (TPSA) is 65.1 Å². The minimum Gasteiger partial charge on any atom is -0.459 e. The van der Waals surface area contributed by atoms with Crippen LogP contribution in [0.5, 0.6) is 0 Å². The quantitative estimate of drug-likeness (QED) is 0.354. The van der Waals surface area contributed by atoms with Crippen LogP contribution in [0.25, 0.3) is 0 Å². The van der Waals surface area contributed by atoms with Crippen molar-refractivity contribution in [3.63, 3.8) is 0 Å². The highest BCUT2D eigenvalue weighted by Crippen LogP contribution is 2.26. The lowest BCUT2D eigenvalue weighted by atomic mass is 10.1. The lowest BCUT2D eigenvalue weighted by molar-refractivity contribution is -0.0348. The molecule has 0 amide bonds. The molecule has 1 saturated heterocycles. The van der Waals surface area contributed by atoms with Crippen molar-refractivity contribution in [1.29, 1.82) is 0 Å². The van der Waals surface area contributed by atoms with Gasteiger partial charge in [0.1, 0.15) is 24.9 Å². The van der Waals surface area contributed by atoms with Gasteiger partial charge >= 0.3 is 11.9 Å². The van der Waals surface area contributed by atoms with Gasteiger partial charge in [-0.15, -0.1) is 0 Å². The predicted molar refractivity (Wildman–Crippen MR) is 143 cm³/mol. The second kappa shape index (κ2) is 11.8. The Kier molecular flexibility index (Phi) is 8.27. The monoisotopic (exact) mass is 497 g/mol. The van der Waals surface area contributed by atoms with Crippen LogP contribution >= 0.6 is 0 Å². The number of carbonyl (C=O) groups excluding carboxylic acids is 2. The Balaban J connectivity index is 1.49. The molecule has 0 spiro atoms. The van der Waals surface area contributed by atoms with E-state index in [1.54, 1.807) is 24.3 Å². The molecule has 190 valence electrons. The van der Waals surface area contributed by atoms with E-state index in [1.165, 1.54) is 0 Å². The summed E-state index contributed by atoms with van der Waals surface area (Å²) in [5.74, 6) is 5.46. The number of benzene rings is 3. The van der Waals surface area contributed by atoms with E-state index in [2.05, 4.69) is 11.8 Å². The van der Waals surface area contributed by atoms with Gasteiger partial charge in [-0.3, -0.25) is 0 Å². The Morgan fingerprint density at radius 2 is 1.49 bits per heavy atom. The first-order valence-corrected chi connectivity index (χ1v) is 12.2. The summed E-state index contributed by atoms with van der Waals surface area (Å²) < 4.78 is 17.5. The minimum absolute atomic E-state index is 0.0506. The molecule has 3 aromatic rings. The van der Waals surface area contributed by atoms with Gasteiger partial charge in [-0.2, -0.15) is 0 Å². The van der Waals surface area contributed by atoms with Crippen molar-refractivity contribution in [3.8, 4) is 11.8 Å². The Morgan fingerprint density at radius 1 is 0.892 bits per heavy atom. The van der Waals surface area contributed by atoms with Crippen molar-refractivity contribution in [2.24, 2.45) is 0 Å². The van der Waals surface area contributed by atoms with Gasteiger partial charge in [-0.1, -0.05) is 59.4 Å². The van der Waals surface area contributed by atoms with Crippen LogP contribution in [0.4, 0.5) is 5.69 Å². The molecule has 3 atom stereocenters. The number of para-hydroxylation sites is 1. The van der Waals surface area contributed by atoms with Crippen LogP contribution in [-0.4, -0.2) is 51.0 Å². The van der Waals surface area contributed by atoms with Crippen molar-refractivity contribution in [3.05, 3.63) is 101 Å². The van der Waals surface area contributed by atoms with E-state index in [-0.39, 0.29) is 6.61 Å². The van der Waals surface area contributed by atoms with E-state index >= 15 is 0 Å². The highest BCUT2D eigenvalue weighted by Gasteiger charge is 2.38. The first-order valence-electron chi connectivity index (χ1n) is 12.2. The molecule has 6 heteroatoms. The fourth-order valence-corrected chi connectivity index (χ4v) is 4.03. The molecule has 0 aromatic heterocycles. The first-order chi connectivity index (χ1) is 17.8. The fraction of sp³-hybridized carbons (Fsp3) is 0.290. The lowest BCUT2D eigenvalue weighted by Crippen LogP contribution is -2.32. The summed E-state index contributed by atoms with van der Waals surface area (Å²) in [6.45, 7) is 3.85. The minimum atomic E-state index is -0.632. The molecule has 3 aromatic carbocycles. The van der Waals surface area contributed by atoms with Crippen molar-refractivity contribution < 1.29 is 23.8 Å². The number of rotatable bonds is 6. The zero-order chi connectivity index (χ0) is 26.4. The van der Waals surface area contributed by atoms with Gasteiger partial charge in [0, 0.05) is 26.1 Å².